The first kappa shape index (κ1) is 11.9. The lowest BCUT2D eigenvalue weighted by atomic mass is 9.98. The van der Waals surface area contributed by atoms with E-state index in [-0.39, 0.29) is 5.38 Å². The quantitative estimate of drug-likeness (QED) is 0.583. The van der Waals surface area contributed by atoms with Gasteiger partial charge in [-0.3, -0.25) is 4.55 Å². The molecule has 0 aliphatic heterocycles. The highest BCUT2D eigenvalue weighted by Gasteiger charge is 2.42. The van der Waals surface area contributed by atoms with Crippen molar-refractivity contribution in [2.75, 3.05) is 0 Å². The monoisotopic (exact) mass is 266 g/mol. The molecule has 1 saturated carbocycles. The van der Waals surface area contributed by atoms with Crippen molar-refractivity contribution in [2.45, 2.75) is 34.2 Å². The zero-order valence-electron chi connectivity index (χ0n) is 6.53. The zero-order chi connectivity index (χ0) is 10.2. The van der Waals surface area contributed by atoms with E-state index in [0.29, 0.717) is 12.8 Å². The van der Waals surface area contributed by atoms with Crippen LogP contribution in [0, 0.1) is 0 Å². The summed E-state index contributed by atoms with van der Waals surface area (Å²) in [6.45, 7) is 0. The smallest absolute Gasteiger partial charge is 0.270 e. The van der Waals surface area contributed by atoms with Gasteiger partial charge in [0.25, 0.3) is 10.1 Å². The molecular formula is C6H9Cl3O3S. The van der Waals surface area contributed by atoms with Gasteiger partial charge in [0.15, 0.2) is 0 Å². The van der Waals surface area contributed by atoms with Gasteiger partial charge in [0.05, 0.1) is 10.8 Å². The number of hydrogen-bond acceptors (Lipinski definition) is 2. The van der Waals surface area contributed by atoms with Crippen LogP contribution in [0.2, 0.25) is 0 Å². The molecule has 0 spiro atoms. The van der Waals surface area contributed by atoms with Gasteiger partial charge in [0.1, 0.15) is 5.25 Å². The third-order valence-corrected chi connectivity index (χ3v) is 4.92. The molecule has 0 bridgehead atoms. The van der Waals surface area contributed by atoms with Gasteiger partial charge in [-0.2, -0.15) is 8.42 Å². The summed E-state index contributed by atoms with van der Waals surface area (Å²) in [7, 11) is -4.17. The summed E-state index contributed by atoms with van der Waals surface area (Å²) < 4.78 is 30.5. The van der Waals surface area contributed by atoms with Gasteiger partial charge in [-0.1, -0.05) is 0 Å². The highest BCUT2D eigenvalue weighted by Crippen LogP contribution is 2.34. The summed E-state index contributed by atoms with van der Waals surface area (Å²) >= 11 is 17.3. The maximum Gasteiger partial charge on any atom is 0.270 e. The molecule has 0 heterocycles. The zero-order valence-corrected chi connectivity index (χ0v) is 9.61. The summed E-state index contributed by atoms with van der Waals surface area (Å²) in [6.07, 6.45) is 0.688. The molecular weight excluding hydrogens is 258 g/mol. The third-order valence-electron chi connectivity index (χ3n) is 2.02. The molecule has 1 N–H and O–H groups in total. The summed E-state index contributed by atoms with van der Waals surface area (Å²) in [6, 6.07) is 0. The standard InChI is InChI=1S/C6H9Cl3O3S/c7-3-1-4(8)6(5(9)2-3)13(10,11)12/h3-6H,1-2H2,(H,10,11,12). The van der Waals surface area contributed by atoms with Gasteiger partial charge in [-0.05, 0) is 12.8 Å². The molecule has 1 fully saturated rings. The first-order valence-corrected chi connectivity index (χ1v) is 6.52. The second kappa shape index (κ2) is 4.11. The minimum Gasteiger partial charge on any atom is -0.285 e. The molecule has 1 aliphatic rings. The van der Waals surface area contributed by atoms with E-state index >= 15 is 0 Å². The van der Waals surface area contributed by atoms with Gasteiger partial charge in [0, 0.05) is 5.38 Å². The molecule has 1 aliphatic carbocycles. The minimum atomic E-state index is -4.17. The molecule has 13 heavy (non-hydrogen) atoms. The van der Waals surface area contributed by atoms with Crippen LogP contribution in [0.15, 0.2) is 0 Å². The van der Waals surface area contributed by atoms with Crippen LogP contribution in [0.4, 0.5) is 0 Å². The number of hydrogen-bond donors (Lipinski definition) is 1. The van der Waals surface area contributed by atoms with Crippen LogP contribution in [0.25, 0.3) is 0 Å². The van der Waals surface area contributed by atoms with Gasteiger partial charge in [0.2, 0.25) is 0 Å². The van der Waals surface area contributed by atoms with Gasteiger partial charge < -0.3 is 0 Å². The Hall–Kier alpha value is 0.780. The molecule has 3 nitrogen and oxygen atoms in total. The Kier molecular flexibility index (Phi) is 3.74. The third kappa shape index (κ3) is 2.86. The van der Waals surface area contributed by atoms with Crippen LogP contribution in [0.3, 0.4) is 0 Å². The Morgan fingerprint density at radius 1 is 1.08 bits per heavy atom. The first-order chi connectivity index (χ1) is 5.82. The maximum absolute atomic E-state index is 10.9. The lowest BCUT2D eigenvalue weighted by Gasteiger charge is -2.31. The molecule has 2 atom stereocenters. The molecule has 0 aromatic heterocycles. The van der Waals surface area contributed by atoms with E-state index in [1.165, 1.54) is 0 Å². The molecule has 78 valence electrons. The van der Waals surface area contributed by atoms with E-state index in [2.05, 4.69) is 0 Å². The van der Waals surface area contributed by atoms with Crippen LogP contribution in [0.1, 0.15) is 12.8 Å². The molecule has 0 aromatic carbocycles. The van der Waals surface area contributed by atoms with Crippen LogP contribution in [0.5, 0.6) is 0 Å². The molecule has 0 saturated heterocycles. The van der Waals surface area contributed by atoms with Crippen LogP contribution < -0.4 is 0 Å². The topological polar surface area (TPSA) is 54.4 Å². The van der Waals surface area contributed by atoms with E-state index in [0.717, 1.165) is 0 Å². The van der Waals surface area contributed by atoms with Gasteiger partial charge >= 0.3 is 0 Å². The van der Waals surface area contributed by atoms with Crippen molar-refractivity contribution in [2.24, 2.45) is 0 Å². The maximum atomic E-state index is 10.9. The Bertz CT molecular complexity index is 267. The van der Waals surface area contributed by atoms with Crippen LogP contribution in [-0.2, 0) is 10.1 Å². The molecule has 0 amide bonds. The normalized spacial score (nSPS) is 41.8. The van der Waals surface area contributed by atoms with Crippen molar-refractivity contribution in [3.8, 4) is 0 Å². The van der Waals surface area contributed by atoms with Gasteiger partial charge in [-0.25, -0.2) is 0 Å². The highest BCUT2D eigenvalue weighted by atomic mass is 35.5. The fraction of sp³-hybridized carbons (Fsp3) is 1.00. The average molecular weight is 268 g/mol. The minimum absolute atomic E-state index is 0.219. The summed E-state index contributed by atoms with van der Waals surface area (Å²) in [5.41, 5.74) is 0. The van der Waals surface area contributed by atoms with Crippen LogP contribution in [-0.4, -0.2) is 34.4 Å². The van der Waals surface area contributed by atoms with E-state index in [9.17, 15) is 8.42 Å². The average Bonchev–Trinajstić information content (AvgIpc) is 1.78. The Morgan fingerprint density at radius 2 is 1.46 bits per heavy atom. The van der Waals surface area contributed by atoms with Crippen molar-refractivity contribution >= 4 is 44.9 Å². The predicted octanol–water partition coefficient (Wildman–Crippen LogP) is 1.86. The van der Waals surface area contributed by atoms with Crippen molar-refractivity contribution in [3.63, 3.8) is 0 Å². The molecule has 0 radical (unpaired) electrons. The van der Waals surface area contributed by atoms with Crippen molar-refractivity contribution in [1.82, 2.24) is 0 Å². The van der Waals surface area contributed by atoms with E-state index < -0.39 is 26.1 Å². The van der Waals surface area contributed by atoms with E-state index in [1.54, 1.807) is 0 Å². The molecule has 1 rings (SSSR count). The summed E-state index contributed by atoms with van der Waals surface area (Å²) in [5.74, 6) is 0. The van der Waals surface area contributed by atoms with Crippen molar-refractivity contribution < 1.29 is 13.0 Å². The Balaban J connectivity index is 2.85. The van der Waals surface area contributed by atoms with Crippen LogP contribution >= 0.6 is 34.8 Å². The van der Waals surface area contributed by atoms with E-state index in [1.807, 2.05) is 0 Å². The second-order valence-electron chi connectivity index (χ2n) is 3.08. The lowest BCUT2D eigenvalue weighted by Crippen LogP contribution is -2.44. The Labute approximate surface area is 92.1 Å². The van der Waals surface area contributed by atoms with Crippen molar-refractivity contribution in [1.29, 1.82) is 0 Å². The Morgan fingerprint density at radius 3 is 1.77 bits per heavy atom. The second-order valence-corrected chi connectivity index (χ2v) is 6.39. The molecule has 2 unspecified atom stereocenters. The fourth-order valence-corrected chi connectivity index (χ4v) is 4.62. The number of alkyl halides is 3. The highest BCUT2D eigenvalue weighted by molar-refractivity contribution is 7.86. The van der Waals surface area contributed by atoms with Crippen molar-refractivity contribution in [3.05, 3.63) is 0 Å². The largest absolute Gasteiger partial charge is 0.285 e. The lowest BCUT2D eigenvalue weighted by molar-refractivity contribution is 0.434. The number of rotatable bonds is 1. The summed E-state index contributed by atoms with van der Waals surface area (Å²) in [4.78, 5) is 0. The first-order valence-electron chi connectivity index (χ1n) is 3.71. The fourth-order valence-electron chi connectivity index (χ4n) is 1.45. The summed E-state index contributed by atoms with van der Waals surface area (Å²) in [5, 5.41) is -2.75. The van der Waals surface area contributed by atoms with Gasteiger partial charge in [-0.15, -0.1) is 34.8 Å². The molecule has 0 aromatic rings. The van der Waals surface area contributed by atoms with E-state index in [4.69, 9.17) is 39.4 Å². The molecule has 7 heteroatoms. The predicted molar refractivity (Wildman–Crippen MR) is 53.5 cm³/mol. The number of halogens is 3. The SMILES string of the molecule is O=S(=O)(O)C1C(Cl)CC(Cl)CC1Cl.